The van der Waals surface area contributed by atoms with Crippen LogP contribution in [0.3, 0.4) is 0 Å². The smallest absolute Gasteiger partial charge is 0.266 e. The number of carbonyl (C=O) groups excluding carboxylic acids is 1. The number of benzene rings is 2. The molecule has 0 aromatic heterocycles. The van der Waals surface area contributed by atoms with Crippen LogP contribution in [0.15, 0.2) is 65.1 Å². The van der Waals surface area contributed by atoms with Crippen LogP contribution in [0.2, 0.25) is 0 Å². The number of fused-ring (bicyclic) bond motifs is 1. The van der Waals surface area contributed by atoms with Crippen LogP contribution in [0.25, 0.3) is 6.08 Å². The molecule has 2 aliphatic rings. The van der Waals surface area contributed by atoms with Gasteiger partial charge in [-0.1, -0.05) is 72.0 Å². The highest BCUT2D eigenvalue weighted by Gasteiger charge is 2.33. The van der Waals surface area contributed by atoms with Crippen LogP contribution < -0.4 is 4.74 Å². The number of carbonyl (C=O) groups is 1. The van der Waals surface area contributed by atoms with Gasteiger partial charge in [0.2, 0.25) is 0 Å². The molecule has 0 aliphatic carbocycles. The Morgan fingerprint density at radius 3 is 2.70 bits per heavy atom. The third-order valence-corrected chi connectivity index (χ3v) is 6.02. The molecule has 1 saturated heterocycles. The van der Waals surface area contributed by atoms with Crippen molar-refractivity contribution in [3.63, 3.8) is 0 Å². The topological polar surface area (TPSA) is 29.5 Å². The second kappa shape index (κ2) is 7.33. The van der Waals surface area contributed by atoms with Gasteiger partial charge in [0.15, 0.2) is 0 Å². The Bertz CT molecular complexity index is 976. The van der Waals surface area contributed by atoms with Gasteiger partial charge < -0.3 is 4.74 Å². The average molecular weight is 394 g/mol. The van der Waals surface area contributed by atoms with E-state index in [2.05, 4.69) is 6.08 Å². The minimum atomic E-state index is -0.111. The molecule has 1 unspecified atom stereocenters. The van der Waals surface area contributed by atoms with Crippen molar-refractivity contribution in [1.82, 2.24) is 4.90 Å². The van der Waals surface area contributed by atoms with Gasteiger partial charge in [0, 0.05) is 5.56 Å². The summed E-state index contributed by atoms with van der Waals surface area (Å²) in [5.74, 6) is 0.826. The maximum atomic E-state index is 12.9. The zero-order chi connectivity index (χ0) is 19.0. The lowest BCUT2D eigenvalue weighted by Crippen LogP contribution is -2.27. The Balaban J connectivity index is 1.58. The molecule has 0 radical (unpaired) electrons. The van der Waals surface area contributed by atoms with Crippen molar-refractivity contribution in [1.29, 1.82) is 0 Å². The Morgan fingerprint density at radius 1 is 1.19 bits per heavy atom. The van der Waals surface area contributed by atoms with Crippen LogP contribution >= 0.6 is 24.0 Å². The predicted octanol–water partition coefficient (Wildman–Crippen LogP) is 5.10. The van der Waals surface area contributed by atoms with E-state index in [0.717, 1.165) is 22.4 Å². The summed E-state index contributed by atoms with van der Waals surface area (Å²) < 4.78 is 6.57. The van der Waals surface area contributed by atoms with Crippen LogP contribution in [0.4, 0.5) is 0 Å². The summed E-state index contributed by atoms with van der Waals surface area (Å²) in [6, 6.07) is 16.1. The lowest BCUT2D eigenvalue weighted by atomic mass is 10.0. The molecule has 2 aromatic rings. The number of hydrogen-bond acceptors (Lipinski definition) is 4. The molecule has 2 heterocycles. The maximum Gasteiger partial charge on any atom is 0.266 e. The van der Waals surface area contributed by atoms with Crippen molar-refractivity contribution in [3.8, 4) is 5.75 Å². The van der Waals surface area contributed by atoms with E-state index < -0.39 is 0 Å². The van der Waals surface area contributed by atoms with E-state index in [1.165, 1.54) is 17.3 Å². The number of amides is 1. The molecule has 1 atom stereocenters. The Labute approximate surface area is 168 Å². The van der Waals surface area contributed by atoms with Crippen LogP contribution in [0, 0.1) is 6.92 Å². The lowest BCUT2D eigenvalue weighted by molar-refractivity contribution is -0.122. The normalized spacial score (nSPS) is 20.5. The molecule has 0 N–H and O–H groups in total. The molecular weight excluding hydrogens is 374 g/mol. The monoisotopic (exact) mass is 393 g/mol. The van der Waals surface area contributed by atoms with E-state index in [1.807, 2.05) is 68.5 Å². The molecule has 0 saturated carbocycles. The second-order valence-electron chi connectivity index (χ2n) is 6.70. The summed E-state index contributed by atoms with van der Waals surface area (Å²) in [4.78, 5) is 15.2. The maximum absolute atomic E-state index is 12.9. The Morgan fingerprint density at radius 2 is 1.93 bits per heavy atom. The molecule has 5 heteroatoms. The van der Waals surface area contributed by atoms with Crippen molar-refractivity contribution in [2.45, 2.75) is 26.5 Å². The van der Waals surface area contributed by atoms with E-state index in [4.69, 9.17) is 17.0 Å². The first-order valence-electron chi connectivity index (χ1n) is 8.79. The van der Waals surface area contributed by atoms with E-state index in [0.29, 0.717) is 15.8 Å². The van der Waals surface area contributed by atoms with Gasteiger partial charge in [-0.3, -0.25) is 9.69 Å². The van der Waals surface area contributed by atoms with Gasteiger partial charge >= 0.3 is 0 Å². The molecule has 136 valence electrons. The van der Waals surface area contributed by atoms with Crippen molar-refractivity contribution < 1.29 is 9.53 Å². The molecule has 27 heavy (non-hydrogen) atoms. The van der Waals surface area contributed by atoms with E-state index in [1.54, 1.807) is 4.90 Å². The quantitative estimate of drug-likeness (QED) is 0.536. The average Bonchev–Trinajstić information content (AvgIpc) is 2.91. The molecule has 2 aromatic carbocycles. The molecular formula is C22H19NO2S2. The molecule has 1 amide bonds. The number of hydrogen-bond donors (Lipinski definition) is 0. The summed E-state index contributed by atoms with van der Waals surface area (Å²) in [7, 11) is 0. The molecule has 2 aliphatic heterocycles. The van der Waals surface area contributed by atoms with E-state index in [9.17, 15) is 4.79 Å². The zero-order valence-electron chi connectivity index (χ0n) is 15.1. The number of ether oxygens (including phenoxy) is 1. The van der Waals surface area contributed by atoms with Gasteiger partial charge in [-0.2, -0.15) is 0 Å². The van der Waals surface area contributed by atoms with Crippen molar-refractivity contribution in [2.24, 2.45) is 0 Å². The van der Waals surface area contributed by atoms with Gasteiger partial charge in [-0.25, -0.2) is 0 Å². The molecule has 1 fully saturated rings. The Kier molecular flexibility index (Phi) is 4.89. The van der Waals surface area contributed by atoms with Crippen molar-refractivity contribution >= 4 is 40.3 Å². The van der Waals surface area contributed by atoms with Crippen LogP contribution in [0.1, 0.15) is 23.6 Å². The number of aryl methyl sites for hydroxylation is 1. The zero-order valence-corrected chi connectivity index (χ0v) is 16.8. The largest absolute Gasteiger partial charge is 0.485 e. The highest BCUT2D eigenvalue weighted by molar-refractivity contribution is 8.26. The van der Waals surface area contributed by atoms with Gasteiger partial charge in [0.25, 0.3) is 5.91 Å². The third kappa shape index (κ3) is 3.70. The standard InChI is InChI=1S/C22H19NO2S2/c1-14-7-9-16(10-8-14)13-23-21(24)20(27-22(23)26)12-18-11-17-5-3-4-6-19(17)25-15(18)2/h3-12,15H,13H2,1-2H3/b20-12-. The Hall–Kier alpha value is -2.37. The number of rotatable bonds is 3. The molecule has 0 spiro atoms. The number of thioether (sulfide) groups is 1. The second-order valence-corrected chi connectivity index (χ2v) is 8.37. The van der Waals surface area contributed by atoms with Crippen molar-refractivity contribution in [2.75, 3.05) is 0 Å². The summed E-state index contributed by atoms with van der Waals surface area (Å²) in [5.41, 5.74) is 4.27. The summed E-state index contributed by atoms with van der Waals surface area (Å²) >= 11 is 6.81. The van der Waals surface area contributed by atoms with E-state index in [-0.39, 0.29) is 12.0 Å². The van der Waals surface area contributed by atoms with Gasteiger partial charge in [0.05, 0.1) is 11.4 Å². The fourth-order valence-electron chi connectivity index (χ4n) is 3.09. The number of nitrogens with zero attached hydrogens (tertiary/aromatic N) is 1. The highest BCUT2D eigenvalue weighted by Crippen LogP contribution is 2.36. The lowest BCUT2D eigenvalue weighted by Gasteiger charge is -2.23. The number of thiocarbonyl (C=S) groups is 1. The van der Waals surface area contributed by atoms with Gasteiger partial charge in [-0.15, -0.1) is 0 Å². The molecule has 0 bridgehead atoms. The summed E-state index contributed by atoms with van der Waals surface area (Å²) in [5, 5.41) is 0. The van der Waals surface area contributed by atoms with Crippen molar-refractivity contribution in [3.05, 3.63) is 81.8 Å². The fourth-order valence-corrected chi connectivity index (χ4v) is 4.34. The van der Waals surface area contributed by atoms with Crippen LogP contribution in [-0.2, 0) is 11.3 Å². The van der Waals surface area contributed by atoms with Crippen LogP contribution in [0.5, 0.6) is 5.75 Å². The predicted molar refractivity (Wildman–Crippen MR) is 115 cm³/mol. The highest BCUT2D eigenvalue weighted by atomic mass is 32.2. The first kappa shape index (κ1) is 18.0. The fraction of sp³-hybridized carbons (Fsp3) is 0.182. The molecule has 3 nitrogen and oxygen atoms in total. The van der Waals surface area contributed by atoms with E-state index >= 15 is 0 Å². The summed E-state index contributed by atoms with van der Waals surface area (Å²) in [6.45, 7) is 4.53. The SMILES string of the molecule is Cc1ccc(CN2C(=O)/C(=C/C3=Cc4ccccc4OC3C)SC2=S)cc1. The minimum absolute atomic E-state index is 0.0440. The number of para-hydroxylation sites is 1. The minimum Gasteiger partial charge on any atom is -0.485 e. The third-order valence-electron chi connectivity index (χ3n) is 4.65. The van der Waals surface area contributed by atoms with Gasteiger partial charge in [0.1, 0.15) is 16.2 Å². The van der Waals surface area contributed by atoms with Gasteiger partial charge in [-0.05, 0) is 43.2 Å². The van der Waals surface area contributed by atoms with Crippen LogP contribution in [-0.4, -0.2) is 21.2 Å². The molecule has 4 rings (SSSR count). The summed E-state index contributed by atoms with van der Waals surface area (Å²) in [6.07, 6.45) is 3.88. The first-order valence-corrected chi connectivity index (χ1v) is 10.0. The first-order chi connectivity index (χ1) is 13.0.